The number of carbonyl (C=O) groups excluding carboxylic acids is 2. The summed E-state index contributed by atoms with van der Waals surface area (Å²) < 4.78 is 44.1. The van der Waals surface area contributed by atoms with Crippen LogP contribution >= 0.6 is 11.3 Å². The van der Waals surface area contributed by atoms with Crippen molar-refractivity contribution < 1.29 is 37.7 Å². The first-order chi connectivity index (χ1) is 14.6. The molecule has 0 aliphatic carbocycles. The Bertz CT molecular complexity index is 1130. The van der Waals surface area contributed by atoms with E-state index in [9.17, 15) is 33.0 Å². The number of alkyl halides is 3. The van der Waals surface area contributed by atoms with Crippen molar-refractivity contribution in [3.63, 3.8) is 0 Å². The predicted octanol–water partition coefficient (Wildman–Crippen LogP) is 4.61. The molecule has 11 heteroatoms. The minimum Gasteiger partial charge on any atom is -0.508 e. The van der Waals surface area contributed by atoms with Crippen LogP contribution in [0.5, 0.6) is 11.5 Å². The van der Waals surface area contributed by atoms with Crippen LogP contribution in [0.2, 0.25) is 0 Å². The van der Waals surface area contributed by atoms with Gasteiger partial charge in [0, 0.05) is 18.4 Å². The number of aromatic hydroxyl groups is 2. The van der Waals surface area contributed by atoms with Crippen molar-refractivity contribution in [2.75, 3.05) is 4.90 Å². The number of aromatic nitrogens is 1. The fraction of sp³-hybridized carbons (Fsp3) is 0.150. The highest BCUT2D eigenvalue weighted by atomic mass is 32.1. The molecule has 7 nitrogen and oxygen atoms in total. The maximum Gasteiger partial charge on any atom is 0.416 e. The van der Waals surface area contributed by atoms with E-state index in [1.807, 2.05) is 0 Å². The van der Waals surface area contributed by atoms with Gasteiger partial charge in [-0.05, 0) is 30.3 Å². The standard InChI is InChI=1S/C20H15F3N2O5S/c1-11(26)25(14-4-2-3-12(7-14)20(21,22)23)19-24-13(10-31-19)9-30-18(29)16-6-5-15(27)8-17(16)28/h2-8,10,27-28H,9H2,1H3. The van der Waals surface area contributed by atoms with Gasteiger partial charge in [-0.3, -0.25) is 9.69 Å². The lowest BCUT2D eigenvalue weighted by atomic mass is 10.2. The molecule has 1 amide bonds. The van der Waals surface area contributed by atoms with Gasteiger partial charge in [0.15, 0.2) is 5.13 Å². The van der Waals surface area contributed by atoms with Gasteiger partial charge in [-0.25, -0.2) is 9.78 Å². The lowest BCUT2D eigenvalue weighted by Gasteiger charge is -2.19. The highest BCUT2D eigenvalue weighted by molar-refractivity contribution is 7.14. The van der Waals surface area contributed by atoms with E-state index in [1.165, 1.54) is 36.6 Å². The summed E-state index contributed by atoms with van der Waals surface area (Å²) >= 11 is 0.986. The van der Waals surface area contributed by atoms with E-state index in [-0.39, 0.29) is 34.4 Å². The zero-order valence-corrected chi connectivity index (χ0v) is 16.7. The molecule has 0 saturated heterocycles. The molecule has 31 heavy (non-hydrogen) atoms. The summed E-state index contributed by atoms with van der Waals surface area (Å²) in [5.41, 5.74) is -0.822. The fourth-order valence-corrected chi connectivity index (χ4v) is 3.49. The normalized spacial score (nSPS) is 11.2. The fourth-order valence-electron chi connectivity index (χ4n) is 2.62. The van der Waals surface area contributed by atoms with Crippen LogP contribution in [-0.2, 0) is 22.3 Å². The monoisotopic (exact) mass is 452 g/mol. The highest BCUT2D eigenvalue weighted by Gasteiger charge is 2.31. The number of hydrogen-bond donors (Lipinski definition) is 2. The van der Waals surface area contributed by atoms with Gasteiger partial charge in [0.25, 0.3) is 0 Å². The number of carbonyl (C=O) groups is 2. The minimum atomic E-state index is -4.57. The summed E-state index contributed by atoms with van der Waals surface area (Å²) in [7, 11) is 0. The molecule has 0 aliphatic heterocycles. The maximum absolute atomic E-state index is 13.0. The Morgan fingerprint density at radius 2 is 1.90 bits per heavy atom. The Balaban J connectivity index is 1.78. The third-order valence-corrected chi connectivity index (χ3v) is 4.90. The van der Waals surface area contributed by atoms with Crippen molar-refractivity contribution in [1.82, 2.24) is 4.98 Å². The molecule has 0 aliphatic rings. The van der Waals surface area contributed by atoms with Crippen LogP contribution in [0.15, 0.2) is 47.8 Å². The van der Waals surface area contributed by atoms with Crippen molar-refractivity contribution in [2.45, 2.75) is 19.7 Å². The van der Waals surface area contributed by atoms with Gasteiger partial charge in [0.05, 0.1) is 16.9 Å². The largest absolute Gasteiger partial charge is 0.508 e. The number of ether oxygens (including phenoxy) is 1. The average Bonchev–Trinajstić information content (AvgIpc) is 3.14. The van der Waals surface area contributed by atoms with Crippen molar-refractivity contribution in [3.8, 4) is 11.5 Å². The van der Waals surface area contributed by atoms with Crippen molar-refractivity contribution in [3.05, 3.63) is 64.7 Å². The number of thiazole rings is 1. The van der Waals surface area contributed by atoms with Crippen molar-refractivity contribution in [2.24, 2.45) is 0 Å². The van der Waals surface area contributed by atoms with Crippen LogP contribution in [0.25, 0.3) is 0 Å². The lowest BCUT2D eigenvalue weighted by molar-refractivity contribution is -0.137. The Hall–Kier alpha value is -3.60. The average molecular weight is 452 g/mol. The molecule has 2 aromatic carbocycles. The third kappa shape index (κ3) is 5.12. The van der Waals surface area contributed by atoms with Gasteiger partial charge in [-0.15, -0.1) is 11.3 Å². The first-order valence-electron chi connectivity index (χ1n) is 8.67. The highest BCUT2D eigenvalue weighted by Crippen LogP contribution is 2.35. The molecule has 0 spiro atoms. The molecule has 3 rings (SSSR count). The molecule has 0 bridgehead atoms. The zero-order chi connectivity index (χ0) is 22.8. The Morgan fingerprint density at radius 3 is 2.55 bits per heavy atom. The van der Waals surface area contributed by atoms with Gasteiger partial charge in [0.1, 0.15) is 23.7 Å². The lowest BCUT2D eigenvalue weighted by Crippen LogP contribution is -2.23. The number of halogens is 3. The number of rotatable bonds is 5. The summed E-state index contributed by atoms with van der Waals surface area (Å²) in [4.78, 5) is 29.4. The number of anilines is 2. The van der Waals surface area contributed by atoms with Gasteiger partial charge in [-0.1, -0.05) is 6.07 Å². The van der Waals surface area contributed by atoms with E-state index >= 15 is 0 Å². The van der Waals surface area contributed by atoms with E-state index in [0.29, 0.717) is 0 Å². The Labute approximate surface area is 178 Å². The van der Waals surface area contributed by atoms with Gasteiger partial charge < -0.3 is 14.9 Å². The SMILES string of the molecule is CC(=O)N(c1cccc(C(F)(F)F)c1)c1nc(COC(=O)c2ccc(O)cc2O)cs1. The number of benzene rings is 2. The molecular weight excluding hydrogens is 437 g/mol. The topological polar surface area (TPSA) is 100.0 Å². The summed E-state index contributed by atoms with van der Waals surface area (Å²) in [6, 6.07) is 7.66. The summed E-state index contributed by atoms with van der Waals surface area (Å²) in [6.45, 7) is 0.888. The van der Waals surface area contributed by atoms with Gasteiger partial charge >= 0.3 is 12.1 Å². The second-order valence-corrected chi connectivity index (χ2v) is 7.14. The van der Waals surface area contributed by atoms with Crippen LogP contribution < -0.4 is 4.90 Å². The molecule has 162 valence electrons. The first-order valence-corrected chi connectivity index (χ1v) is 9.55. The third-order valence-electron chi connectivity index (χ3n) is 4.03. The first kappa shape index (κ1) is 22.1. The maximum atomic E-state index is 13.0. The molecule has 2 N–H and O–H groups in total. The van der Waals surface area contributed by atoms with Crippen LogP contribution in [0.3, 0.4) is 0 Å². The van der Waals surface area contributed by atoms with E-state index < -0.39 is 29.4 Å². The summed E-state index contributed by atoms with van der Waals surface area (Å²) in [5, 5.41) is 20.6. The number of phenolic OH excluding ortho intramolecular Hbond substituents is 2. The van der Waals surface area contributed by atoms with Crippen LogP contribution in [0, 0.1) is 0 Å². The summed E-state index contributed by atoms with van der Waals surface area (Å²) in [5.74, 6) is -2.10. The zero-order valence-electron chi connectivity index (χ0n) is 15.9. The predicted molar refractivity (Wildman–Crippen MR) is 105 cm³/mol. The van der Waals surface area contributed by atoms with Crippen LogP contribution in [0.4, 0.5) is 24.0 Å². The minimum absolute atomic E-state index is 0.00534. The van der Waals surface area contributed by atoms with E-state index in [1.54, 1.807) is 0 Å². The molecule has 0 saturated carbocycles. The summed E-state index contributed by atoms with van der Waals surface area (Å²) in [6.07, 6.45) is -4.57. The van der Waals surface area contributed by atoms with Crippen LogP contribution in [-0.4, -0.2) is 27.1 Å². The Kier molecular flexibility index (Phi) is 6.16. The second kappa shape index (κ2) is 8.64. The number of esters is 1. The van der Waals surface area contributed by atoms with Gasteiger partial charge in [0.2, 0.25) is 5.91 Å². The number of hydrogen-bond acceptors (Lipinski definition) is 7. The smallest absolute Gasteiger partial charge is 0.416 e. The van der Waals surface area contributed by atoms with Crippen LogP contribution in [0.1, 0.15) is 28.5 Å². The molecule has 0 atom stereocenters. The molecule has 0 radical (unpaired) electrons. The number of nitrogens with zero attached hydrogens (tertiary/aromatic N) is 2. The molecule has 0 fully saturated rings. The van der Waals surface area contributed by atoms with Crippen molar-refractivity contribution >= 4 is 34.0 Å². The van der Waals surface area contributed by atoms with E-state index in [0.717, 1.165) is 34.4 Å². The molecule has 0 unspecified atom stereocenters. The Morgan fingerprint density at radius 1 is 1.16 bits per heavy atom. The number of amides is 1. The second-order valence-electron chi connectivity index (χ2n) is 6.30. The van der Waals surface area contributed by atoms with E-state index in [2.05, 4.69) is 4.98 Å². The quantitative estimate of drug-likeness (QED) is 0.549. The number of phenols is 2. The van der Waals surface area contributed by atoms with E-state index in [4.69, 9.17) is 4.74 Å². The van der Waals surface area contributed by atoms with Crippen molar-refractivity contribution in [1.29, 1.82) is 0 Å². The molecule has 1 aromatic heterocycles. The molecular formula is C20H15F3N2O5S. The van der Waals surface area contributed by atoms with Gasteiger partial charge in [-0.2, -0.15) is 13.2 Å². The molecule has 1 heterocycles. The molecule has 3 aromatic rings.